The second-order valence-corrected chi connectivity index (χ2v) is 9.75. The zero-order valence-electron chi connectivity index (χ0n) is 18.6. The van der Waals surface area contributed by atoms with Gasteiger partial charge in [-0.1, -0.05) is 53.6 Å². The van der Waals surface area contributed by atoms with Gasteiger partial charge in [0.15, 0.2) is 0 Å². The predicted octanol–water partition coefficient (Wildman–Crippen LogP) is 6.23. The van der Waals surface area contributed by atoms with Gasteiger partial charge in [-0.05, 0) is 67.9 Å². The van der Waals surface area contributed by atoms with Crippen molar-refractivity contribution in [3.05, 3.63) is 99.6 Å². The summed E-state index contributed by atoms with van der Waals surface area (Å²) in [4.78, 5) is 21.6. The van der Waals surface area contributed by atoms with Gasteiger partial charge in [0, 0.05) is 46.5 Å². The number of amides is 1. The molecule has 2 aliphatic heterocycles. The van der Waals surface area contributed by atoms with E-state index in [1.54, 1.807) is 30.5 Å². The lowest BCUT2D eigenvalue weighted by Gasteiger charge is -2.39. The highest BCUT2D eigenvalue weighted by molar-refractivity contribution is 6.31. The fraction of sp³-hybridized carbons (Fsp3) is 0.259. The van der Waals surface area contributed by atoms with Crippen molar-refractivity contribution in [2.45, 2.75) is 18.3 Å². The number of anilines is 1. The summed E-state index contributed by atoms with van der Waals surface area (Å²) >= 11 is 12.4. The molecular formula is C27H24Cl2FN3O. The van der Waals surface area contributed by atoms with Gasteiger partial charge in [0.05, 0.1) is 0 Å². The first-order valence-corrected chi connectivity index (χ1v) is 12.1. The standard InChI is InChI=1S/C27H24Cl2FN3O/c28-21-7-8-24-22(17-21)27(18-33(24)26(34)20-9-12-31-25(29)16-20)10-14-32(15-11-27)13-3-5-19-4-1-2-6-23(19)30/h1-9,12,16-17H,10-11,13-15,18H2/b5-3+. The number of fused-ring (bicyclic) bond motifs is 2. The van der Waals surface area contributed by atoms with Crippen LogP contribution in [0.15, 0.2) is 66.9 Å². The van der Waals surface area contributed by atoms with Crippen LogP contribution < -0.4 is 4.90 Å². The Morgan fingerprint density at radius 3 is 2.65 bits per heavy atom. The minimum Gasteiger partial charge on any atom is -0.307 e. The number of hydrogen-bond acceptors (Lipinski definition) is 3. The Balaban J connectivity index is 1.33. The molecule has 2 aromatic carbocycles. The number of carbonyl (C=O) groups is 1. The first kappa shape index (κ1) is 23.0. The monoisotopic (exact) mass is 495 g/mol. The molecule has 1 fully saturated rings. The number of piperidine rings is 1. The summed E-state index contributed by atoms with van der Waals surface area (Å²) in [5.74, 6) is -0.295. The van der Waals surface area contributed by atoms with Crippen LogP contribution in [-0.2, 0) is 5.41 Å². The average Bonchev–Trinajstić information content (AvgIpc) is 3.14. The molecule has 0 aliphatic carbocycles. The Kier molecular flexibility index (Phi) is 6.43. The molecule has 4 nitrogen and oxygen atoms in total. The maximum atomic E-state index is 13.9. The molecule has 1 spiro atoms. The van der Waals surface area contributed by atoms with E-state index in [1.807, 2.05) is 41.3 Å². The van der Waals surface area contributed by atoms with Crippen molar-refractivity contribution in [2.75, 3.05) is 31.1 Å². The summed E-state index contributed by atoms with van der Waals surface area (Å²) in [6, 6.07) is 15.9. The summed E-state index contributed by atoms with van der Waals surface area (Å²) in [5.41, 5.74) is 3.03. The van der Waals surface area contributed by atoms with Gasteiger partial charge < -0.3 is 4.90 Å². The second-order valence-electron chi connectivity index (χ2n) is 8.92. The number of rotatable bonds is 4. The summed E-state index contributed by atoms with van der Waals surface area (Å²) in [7, 11) is 0. The Hall–Kier alpha value is -2.73. The average molecular weight is 496 g/mol. The van der Waals surface area contributed by atoms with Crippen molar-refractivity contribution in [3.63, 3.8) is 0 Å². The highest BCUT2D eigenvalue weighted by atomic mass is 35.5. The first-order valence-electron chi connectivity index (χ1n) is 11.3. The number of aromatic nitrogens is 1. The van der Waals surface area contributed by atoms with E-state index in [0.29, 0.717) is 27.8 Å². The maximum absolute atomic E-state index is 13.9. The van der Waals surface area contributed by atoms with Crippen molar-refractivity contribution in [1.29, 1.82) is 0 Å². The smallest absolute Gasteiger partial charge is 0.258 e. The highest BCUT2D eigenvalue weighted by Crippen LogP contribution is 2.48. The molecule has 7 heteroatoms. The van der Waals surface area contributed by atoms with Crippen molar-refractivity contribution < 1.29 is 9.18 Å². The Labute approximate surface area is 208 Å². The van der Waals surface area contributed by atoms with E-state index in [0.717, 1.165) is 43.7 Å². The van der Waals surface area contributed by atoms with Gasteiger partial charge >= 0.3 is 0 Å². The maximum Gasteiger partial charge on any atom is 0.258 e. The number of nitrogens with zero attached hydrogens (tertiary/aromatic N) is 3. The number of likely N-dealkylation sites (tertiary alicyclic amines) is 1. The van der Waals surface area contributed by atoms with E-state index in [2.05, 4.69) is 9.88 Å². The van der Waals surface area contributed by atoms with Crippen molar-refractivity contribution in [3.8, 4) is 0 Å². The Morgan fingerprint density at radius 2 is 1.88 bits per heavy atom. The lowest BCUT2D eigenvalue weighted by atomic mass is 9.74. The fourth-order valence-corrected chi connectivity index (χ4v) is 5.39. The van der Waals surface area contributed by atoms with E-state index in [4.69, 9.17) is 23.2 Å². The Bertz CT molecular complexity index is 1250. The van der Waals surface area contributed by atoms with Gasteiger partial charge in [-0.3, -0.25) is 9.69 Å². The third-order valence-corrected chi connectivity index (χ3v) is 7.32. The number of halogens is 3. The lowest BCUT2D eigenvalue weighted by Crippen LogP contribution is -2.46. The van der Waals surface area contributed by atoms with E-state index in [-0.39, 0.29) is 17.1 Å². The third-order valence-electron chi connectivity index (χ3n) is 6.88. The van der Waals surface area contributed by atoms with Crippen LogP contribution >= 0.6 is 23.2 Å². The molecule has 0 saturated carbocycles. The summed E-state index contributed by atoms with van der Waals surface area (Å²) < 4.78 is 13.9. The largest absolute Gasteiger partial charge is 0.307 e. The molecule has 0 atom stereocenters. The molecule has 0 bridgehead atoms. The molecule has 1 amide bonds. The van der Waals surface area contributed by atoms with Gasteiger partial charge in [0.25, 0.3) is 5.91 Å². The van der Waals surface area contributed by atoms with Crippen molar-refractivity contribution >= 4 is 40.9 Å². The zero-order chi connectivity index (χ0) is 23.7. The van der Waals surface area contributed by atoms with Crippen molar-refractivity contribution in [1.82, 2.24) is 9.88 Å². The van der Waals surface area contributed by atoms with E-state index >= 15 is 0 Å². The van der Waals surface area contributed by atoms with Crippen LogP contribution in [0.5, 0.6) is 0 Å². The van der Waals surface area contributed by atoms with Gasteiger partial charge in [-0.25, -0.2) is 9.37 Å². The molecule has 0 N–H and O–H groups in total. The third kappa shape index (κ3) is 4.48. The van der Waals surface area contributed by atoms with Crippen LogP contribution in [0.4, 0.5) is 10.1 Å². The molecule has 0 unspecified atom stereocenters. The van der Waals surface area contributed by atoms with Gasteiger partial charge in [-0.15, -0.1) is 0 Å². The molecule has 1 saturated heterocycles. The number of benzene rings is 2. The van der Waals surface area contributed by atoms with E-state index in [9.17, 15) is 9.18 Å². The number of carbonyl (C=O) groups excluding carboxylic acids is 1. The Morgan fingerprint density at radius 1 is 1.09 bits per heavy atom. The molecule has 1 aromatic heterocycles. The van der Waals surface area contributed by atoms with Crippen molar-refractivity contribution in [2.24, 2.45) is 0 Å². The van der Waals surface area contributed by atoms with Crippen LogP contribution in [0.25, 0.3) is 6.08 Å². The molecular weight excluding hydrogens is 472 g/mol. The second kappa shape index (κ2) is 9.49. The molecule has 2 aliphatic rings. The molecule has 174 valence electrons. The molecule has 3 heterocycles. The summed E-state index contributed by atoms with van der Waals surface area (Å²) in [6.45, 7) is 3.14. The van der Waals surface area contributed by atoms with Crippen LogP contribution in [0.1, 0.15) is 34.3 Å². The van der Waals surface area contributed by atoms with Crippen LogP contribution in [0.2, 0.25) is 10.2 Å². The zero-order valence-corrected chi connectivity index (χ0v) is 20.1. The topological polar surface area (TPSA) is 36.4 Å². The summed E-state index contributed by atoms with van der Waals surface area (Å²) in [5, 5.41) is 0.975. The SMILES string of the molecule is O=C(c1ccnc(Cl)c1)N1CC2(CCN(C/C=C/c3ccccc3F)CC2)c2cc(Cl)ccc21. The predicted molar refractivity (Wildman–Crippen MR) is 135 cm³/mol. The highest BCUT2D eigenvalue weighted by Gasteiger charge is 2.46. The minimum absolute atomic E-state index is 0.0833. The fourth-order valence-electron chi connectivity index (χ4n) is 5.04. The van der Waals surface area contributed by atoms with E-state index in [1.165, 1.54) is 6.07 Å². The van der Waals surface area contributed by atoms with Crippen LogP contribution in [-0.4, -0.2) is 42.0 Å². The number of pyridine rings is 1. The summed E-state index contributed by atoms with van der Waals surface area (Å²) in [6.07, 6.45) is 7.23. The van der Waals surface area contributed by atoms with Gasteiger partial charge in [0.2, 0.25) is 0 Å². The minimum atomic E-state index is -0.212. The number of hydrogen-bond donors (Lipinski definition) is 0. The quantitative estimate of drug-likeness (QED) is 0.402. The normalized spacial score (nSPS) is 17.4. The molecule has 0 radical (unpaired) electrons. The molecule has 34 heavy (non-hydrogen) atoms. The lowest BCUT2D eigenvalue weighted by molar-refractivity contribution is 0.0977. The van der Waals surface area contributed by atoms with Crippen LogP contribution in [0, 0.1) is 5.82 Å². The van der Waals surface area contributed by atoms with Gasteiger partial charge in [-0.2, -0.15) is 0 Å². The van der Waals surface area contributed by atoms with Crippen LogP contribution in [0.3, 0.4) is 0 Å². The molecule has 3 aromatic rings. The van der Waals surface area contributed by atoms with Gasteiger partial charge in [0.1, 0.15) is 11.0 Å². The van der Waals surface area contributed by atoms with E-state index < -0.39 is 0 Å². The molecule has 5 rings (SSSR count). The first-order chi connectivity index (χ1) is 16.4.